The van der Waals surface area contributed by atoms with E-state index in [-0.39, 0.29) is 0 Å². The number of nitrogen functional groups attached to an aromatic ring is 1. The van der Waals surface area contributed by atoms with E-state index >= 15 is 0 Å². The Morgan fingerprint density at radius 3 is 2.89 bits per heavy atom. The van der Waals surface area contributed by atoms with E-state index < -0.39 is 0 Å². The molecule has 0 aliphatic heterocycles. The fraction of sp³-hybridized carbons (Fsp3) is 0.154. The minimum atomic E-state index is 0.454. The molecule has 0 spiro atoms. The van der Waals surface area contributed by atoms with Gasteiger partial charge in [-0.1, -0.05) is 22.9 Å². The number of rotatable bonds is 3. The number of benzene rings is 1. The SMILES string of the molecule is CCc1c(N)ncnc1Nc1ccc(Br)cc1C#N. The number of nitriles is 1. The predicted molar refractivity (Wildman–Crippen MR) is 78.0 cm³/mol. The fourth-order valence-corrected chi connectivity index (χ4v) is 2.09. The smallest absolute Gasteiger partial charge is 0.139 e. The van der Waals surface area contributed by atoms with Crippen molar-refractivity contribution >= 4 is 33.3 Å². The molecule has 0 aliphatic carbocycles. The molecule has 0 amide bonds. The number of hydrogen-bond acceptors (Lipinski definition) is 5. The first-order valence-electron chi connectivity index (χ1n) is 5.71. The average molecular weight is 318 g/mol. The van der Waals surface area contributed by atoms with E-state index in [0.717, 1.165) is 10.0 Å². The second-order valence-corrected chi connectivity index (χ2v) is 4.78. The Balaban J connectivity index is 2.42. The van der Waals surface area contributed by atoms with Crippen molar-refractivity contribution in [1.82, 2.24) is 9.97 Å². The molecule has 1 aromatic carbocycles. The number of nitrogens with one attached hydrogen (secondary N) is 1. The maximum absolute atomic E-state index is 9.13. The Bertz CT molecular complexity index is 648. The van der Waals surface area contributed by atoms with Gasteiger partial charge < -0.3 is 11.1 Å². The zero-order valence-corrected chi connectivity index (χ0v) is 11.9. The van der Waals surface area contributed by atoms with Crippen molar-refractivity contribution in [3.63, 3.8) is 0 Å². The second-order valence-electron chi connectivity index (χ2n) is 3.87. The van der Waals surface area contributed by atoms with Crippen molar-refractivity contribution in [3.8, 4) is 6.07 Å². The Hall–Kier alpha value is -2.13. The number of hydrogen-bond donors (Lipinski definition) is 2. The summed E-state index contributed by atoms with van der Waals surface area (Å²) in [6, 6.07) is 7.57. The lowest BCUT2D eigenvalue weighted by atomic mass is 10.1. The van der Waals surface area contributed by atoms with Crippen molar-refractivity contribution in [2.75, 3.05) is 11.1 Å². The molecule has 0 atom stereocenters. The largest absolute Gasteiger partial charge is 0.383 e. The highest BCUT2D eigenvalue weighted by molar-refractivity contribution is 9.10. The van der Waals surface area contributed by atoms with Crippen LogP contribution in [-0.4, -0.2) is 9.97 Å². The Labute approximate surface area is 119 Å². The molecule has 6 heteroatoms. The van der Waals surface area contributed by atoms with Crippen LogP contribution in [0.15, 0.2) is 29.0 Å². The minimum Gasteiger partial charge on any atom is -0.383 e. The van der Waals surface area contributed by atoms with E-state index in [0.29, 0.717) is 29.3 Å². The van der Waals surface area contributed by atoms with Gasteiger partial charge in [-0.15, -0.1) is 0 Å². The molecule has 5 nitrogen and oxygen atoms in total. The Kier molecular flexibility index (Phi) is 3.97. The number of halogens is 1. The third-order valence-electron chi connectivity index (χ3n) is 2.69. The summed E-state index contributed by atoms with van der Waals surface area (Å²) in [6.07, 6.45) is 2.12. The zero-order valence-electron chi connectivity index (χ0n) is 10.3. The number of nitrogens with zero attached hydrogens (tertiary/aromatic N) is 3. The summed E-state index contributed by atoms with van der Waals surface area (Å²) in [5, 5.41) is 12.3. The quantitative estimate of drug-likeness (QED) is 0.908. The fourth-order valence-electron chi connectivity index (χ4n) is 1.73. The van der Waals surface area contributed by atoms with Crippen LogP contribution in [0, 0.1) is 11.3 Å². The Morgan fingerprint density at radius 2 is 2.21 bits per heavy atom. The van der Waals surface area contributed by atoms with Gasteiger partial charge in [0.2, 0.25) is 0 Å². The van der Waals surface area contributed by atoms with Gasteiger partial charge in [-0.05, 0) is 24.6 Å². The molecule has 0 bridgehead atoms. The van der Waals surface area contributed by atoms with Gasteiger partial charge in [0.05, 0.1) is 11.3 Å². The average Bonchev–Trinajstić information content (AvgIpc) is 2.41. The van der Waals surface area contributed by atoms with E-state index in [1.165, 1.54) is 6.33 Å². The summed E-state index contributed by atoms with van der Waals surface area (Å²) < 4.78 is 0.854. The van der Waals surface area contributed by atoms with Gasteiger partial charge in [-0.2, -0.15) is 5.26 Å². The minimum absolute atomic E-state index is 0.454. The molecule has 0 radical (unpaired) electrons. The van der Waals surface area contributed by atoms with Crippen LogP contribution < -0.4 is 11.1 Å². The first-order chi connectivity index (χ1) is 9.15. The molecule has 0 saturated heterocycles. The lowest BCUT2D eigenvalue weighted by Gasteiger charge is -2.12. The maximum atomic E-state index is 9.13. The zero-order chi connectivity index (χ0) is 13.8. The van der Waals surface area contributed by atoms with E-state index in [4.69, 9.17) is 11.0 Å². The summed E-state index contributed by atoms with van der Waals surface area (Å²) in [7, 11) is 0. The first kappa shape index (κ1) is 13.3. The van der Waals surface area contributed by atoms with Gasteiger partial charge in [0.15, 0.2) is 0 Å². The maximum Gasteiger partial charge on any atom is 0.139 e. The lowest BCUT2D eigenvalue weighted by molar-refractivity contribution is 1.06. The standard InChI is InChI=1S/C13H12BrN5/c1-2-10-12(16)17-7-18-13(10)19-11-4-3-9(14)5-8(11)6-15/h3-5,7H,2H2,1H3,(H3,16,17,18,19). The highest BCUT2D eigenvalue weighted by Crippen LogP contribution is 2.26. The topological polar surface area (TPSA) is 87.6 Å². The molecular weight excluding hydrogens is 306 g/mol. The molecule has 1 heterocycles. The van der Waals surface area contributed by atoms with Crippen molar-refractivity contribution in [2.45, 2.75) is 13.3 Å². The van der Waals surface area contributed by atoms with Gasteiger partial charge in [0, 0.05) is 10.0 Å². The summed E-state index contributed by atoms with van der Waals surface area (Å²) in [5.74, 6) is 1.09. The molecule has 0 unspecified atom stereocenters. The van der Waals surface area contributed by atoms with E-state index in [9.17, 15) is 0 Å². The Morgan fingerprint density at radius 1 is 1.42 bits per heavy atom. The third-order valence-corrected chi connectivity index (χ3v) is 3.18. The van der Waals surface area contributed by atoms with Gasteiger partial charge in [0.25, 0.3) is 0 Å². The lowest BCUT2D eigenvalue weighted by Crippen LogP contribution is -2.05. The van der Waals surface area contributed by atoms with E-state index in [2.05, 4.69) is 37.3 Å². The van der Waals surface area contributed by atoms with E-state index in [1.807, 2.05) is 19.1 Å². The summed E-state index contributed by atoms with van der Waals surface area (Å²) in [4.78, 5) is 8.14. The summed E-state index contributed by atoms with van der Waals surface area (Å²) >= 11 is 3.34. The normalized spacial score (nSPS) is 9.95. The van der Waals surface area contributed by atoms with Crippen molar-refractivity contribution in [2.24, 2.45) is 0 Å². The van der Waals surface area contributed by atoms with Crippen LogP contribution >= 0.6 is 15.9 Å². The van der Waals surface area contributed by atoms with Crippen LogP contribution in [0.5, 0.6) is 0 Å². The number of nitrogens with two attached hydrogens (primary N) is 1. The molecule has 2 aromatic rings. The molecule has 3 N–H and O–H groups in total. The van der Waals surface area contributed by atoms with Gasteiger partial charge >= 0.3 is 0 Å². The molecular formula is C13H12BrN5. The van der Waals surface area contributed by atoms with Crippen molar-refractivity contribution < 1.29 is 0 Å². The van der Waals surface area contributed by atoms with Crippen LogP contribution in [0.1, 0.15) is 18.1 Å². The van der Waals surface area contributed by atoms with Crippen molar-refractivity contribution in [3.05, 3.63) is 40.1 Å². The van der Waals surface area contributed by atoms with Crippen molar-refractivity contribution in [1.29, 1.82) is 5.26 Å². The molecule has 0 saturated carbocycles. The van der Waals surface area contributed by atoms with Crippen LogP contribution in [-0.2, 0) is 6.42 Å². The summed E-state index contributed by atoms with van der Waals surface area (Å²) in [6.45, 7) is 1.98. The molecule has 0 aliphatic rings. The summed E-state index contributed by atoms with van der Waals surface area (Å²) in [5.41, 5.74) is 7.89. The van der Waals surface area contributed by atoms with Crippen LogP contribution in [0.2, 0.25) is 0 Å². The van der Waals surface area contributed by atoms with E-state index in [1.54, 1.807) is 6.07 Å². The first-order valence-corrected chi connectivity index (χ1v) is 6.51. The van der Waals surface area contributed by atoms with Gasteiger partial charge in [-0.3, -0.25) is 0 Å². The highest BCUT2D eigenvalue weighted by atomic mass is 79.9. The monoisotopic (exact) mass is 317 g/mol. The molecule has 19 heavy (non-hydrogen) atoms. The molecule has 96 valence electrons. The molecule has 2 rings (SSSR count). The molecule has 1 aromatic heterocycles. The van der Waals surface area contributed by atoms with Crippen LogP contribution in [0.3, 0.4) is 0 Å². The number of anilines is 3. The van der Waals surface area contributed by atoms with Crippen LogP contribution in [0.25, 0.3) is 0 Å². The third kappa shape index (κ3) is 2.83. The van der Waals surface area contributed by atoms with Gasteiger partial charge in [-0.25, -0.2) is 9.97 Å². The predicted octanol–water partition coefficient (Wildman–Crippen LogP) is 3.00. The second kappa shape index (κ2) is 5.67. The highest BCUT2D eigenvalue weighted by Gasteiger charge is 2.10. The number of aromatic nitrogens is 2. The molecule has 0 fully saturated rings. The van der Waals surface area contributed by atoms with Gasteiger partial charge in [0.1, 0.15) is 24.0 Å². The van der Waals surface area contributed by atoms with Crippen LogP contribution in [0.4, 0.5) is 17.3 Å².